The molecule has 1 heterocycles. The molecule has 0 N–H and O–H groups in total. The van der Waals surface area contributed by atoms with E-state index in [1.165, 1.54) is 12.1 Å². The number of halogens is 2. The SMILES string of the molecule is Fc1ccc(OCc2cccnc2)c(Br)c1. The molecule has 0 aliphatic carbocycles. The first kappa shape index (κ1) is 11.1. The molecule has 0 bridgehead atoms. The van der Waals surface area contributed by atoms with Gasteiger partial charge in [0.05, 0.1) is 4.47 Å². The van der Waals surface area contributed by atoms with E-state index in [0.717, 1.165) is 5.56 Å². The fourth-order valence-electron chi connectivity index (χ4n) is 1.24. The second-order valence-electron chi connectivity index (χ2n) is 3.22. The number of nitrogens with zero attached hydrogens (tertiary/aromatic N) is 1. The van der Waals surface area contributed by atoms with Crippen LogP contribution in [0.2, 0.25) is 0 Å². The summed E-state index contributed by atoms with van der Waals surface area (Å²) in [4.78, 5) is 3.98. The maximum atomic E-state index is 12.8. The van der Waals surface area contributed by atoms with E-state index in [2.05, 4.69) is 20.9 Å². The lowest BCUT2D eigenvalue weighted by atomic mass is 10.3. The molecule has 16 heavy (non-hydrogen) atoms. The fraction of sp³-hybridized carbons (Fsp3) is 0.0833. The van der Waals surface area contributed by atoms with Gasteiger partial charge in [0, 0.05) is 18.0 Å². The lowest BCUT2D eigenvalue weighted by molar-refractivity contribution is 0.303. The van der Waals surface area contributed by atoms with Crippen molar-refractivity contribution < 1.29 is 9.13 Å². The van der Waals surface area contributed by atoms with E-state index >= 15 is 0 Å². The van der Waals surface area contributed by atoms with Crippen LogP contribution in [0.15, 0.2) is 47.2 Å². The predicted molar refractivity (Wildman–Crippen MR) is 62.7 cm³/mol. The minimum Gasteiger partial charge on any atom is -0.488 e. The van der Waals surface area contributed by atoms with Crippen molar-refractivity contribution in [3.8, 4) is 5.75 Å². The molecule has 0 spiro atoms. The Hall–Kier alpha value is -1.42. The Kier molecular flexibility index (Phi) is 3.51. The van der Waals surface area contributed by atoms with Crippen LogP contribution in [-0.2, 0) is 6.61 Å². The maximum Gasteiger partial charge on any atom is 0.134 e. The highest BCUT2D eigenvalue weighted by Crippen LogP contribution is 2.26. The van der Waals surface area contributed by atoms with E-state index in [1.54, 1.807) is 18.5 Å². The number of pyridine rings is 1. The highest BCUT2D eigenvalue weighted by atomic mass is 79.9. The van der Waals surface area contributed by atoms with Crippen LogP contribution in [-0.4, -0.2) is 4.98 Å². The standard InChI is InChI=1S/C12H9BrFNO/c13-11-6-10(14)3-4-12(11)16-8-9-2-1-5-15-7-9/h1-7H,8H2. The molecule has 2 nitrogen and oxygen atoms in total. The molecule has 2 aromatic rings. The van der Waals surface area contributed by atoms with Gasteiger partial charge in [-0.05, 0) is 40.2 Å². The second-order valence-corrected chi connectivity index (χ2v) is 4.08. The first-order chi connectivity index (χ1) is 7.75. The van der Waals surface area contributed by atoms with Gasteiger partial charge in [-0.2, -0.15) is 0 Å². The van der Waals surface area contributed by atoms with Gasteiger partial charge in [-0.3, -0.25) is 4.98 Å². The molecule has 0 amide bonds. The molecule has 0 aliphatic heterocycles. The summed E-state index contributed by atoms with van der Waals surface area (Å²) >= 11 is 3.24. The Bertz CT molecular complexity index is 476. The monoisotopic (exact) mass is 281 g/mol. The second kappa shape index (κ2) is 5.07. The molecule has 0 fully saturated rings. The molecule has 0 unspecified atom stereocenters. The molecule has 4 heteroatoms. The van der Waals surface area contributed by atoms with Crippen molar-refractivity contribution in [3.63, 3.8) is 0 Å². The topological polar surface area (TPSA) is 22.1 Å². The Morgan fingerprint density at radius 3 is 2.88 bits per heavy atom. The van der Waals surface area contributed by atoms with Gasteiger partial charge in [-0.1, -0.05) is 6.07 Å². The highest BCUT2D eigenvalue weighted by Gasteiger charge is 2.02. The van der Waals surface area contributed by atoms with Crippen LogP contribution in [0.4, 0.5) is 4.39 Å². The fourth-order valence-corrected chi connectivity index (χ4v) is 1.70. The van der Waals surface area contributed by atoms with Crippen LogP contribution >= 0.6 is 15.9 Å². The molecule has 0 radical (unpaired) electrons. The quantitative estimate of drug-likeness (QED) is 0.858. The summed E-state index contributed by atoms with van der Waals surface area (Å²) < 4.78 is 18.9. The van der Waals surface area contributed by atoms with Crippen LogP contribution in [0, 0.1) is 5.82 Å². The Balaban J connectivity index is 2.05. The van der Waals surface area contributed by atoms with Crippen molar-refractivity contribution in [2.24, 2.45) is 0 Å². The average Bonchev–Trinajstić information content (AvgIpc) is 2.29. The summed E-state index contributed by atoms with van der Waals surface area (Å²) in [5.41, 5.74) is 0.971. The van der Waals surface area contributed by atoms with Crippen LogP contribution in [0.25, 0.3) is 0 Å². The van der Waals surface area contributed by atoms with Gasteiger partial charge < -0.3 is 4.74 Å². The Morgan fingerprint density at radius 2 is 2.19 bits per heavy atom. The smallest absolute Gasteiger partial charge is 0.134 e. The van der Waals surface area contributed by atoms with Gasteiger partial charge in [0.1, 0.15) is 18.2 Å². The zero-order chi connectivity index (χ0) is 11.4. The Morgan fingerprint density at radius 1 is 1.31 bits per heavy atom. The van der Waals surface area contributed by atoms with E-state index in [4.69, 9.17) is 4.74 Å². The molecule has 1 aromatic carbocycles. The lowest BCUT2D eigenvalue weighted by Gasteiger charge is -2.07. The normalized spacial score (nSPS) is 10.1. The molecular weight excluding hydrogens is 273 g/mol. The number of aromatic nitrogens is 1. The predicted octanol–water partition coefficient (Wildman–Crippen LogP) is 3.56. The van der Waals surface area contributed by atoms with E-state index in [-0.39, 0.29) is 5.82 Å². The van der Waals surface area contributed by atoms with Crippen LogP contribution in [0.3, 0.4) is 0 Å². The summed E-state index contributed by atoms with van der Waals surface area (Å²) in [5.74, 6) is 0.325. The van der Waals surface area contributed by atoms with Gasteiger partial charge >= 0.3 is 0 Å². The first-order valence-corrected chi connectivity index (χ1v) is 5.52. The molecular formula is C12H9BrFNO. The van der Waals surface area contributed by atoms with E-state index < -0.39 is 0 Å². The zero-order valence-corrected chi connectivity index (χ0v) is 9.95. The van der Waals surface area contributed by atoms with Crippen molar-refractivity contribution >= 4 is 15.9 Å². The maximum absolute atomic E-state index is 12.8. The van der Waals surface area contributed by atoms with E-state index in [9.17, 15) is 4.39 Å². The summed E-state index contributed by atoms with van der Waals surface area (Å²) in [6, 6.07) is 8.10. The van der Waals surface area contributed by atoms with Crippen LogP contribution < -0.4 is 4.74 Å². The first-order valence-electron chi connectivity index (χ1n) is 4.72. The molecule has 0 atom stereocenters. The summed E-state index contributed by atoms with van der Waals surface area (Å²) in [6.07, 6.45) is 3.44. The zero-order valence-electron chi connectivity index (χ0n) is 8.36. The van der Waals surface area contributed by atoms with Crippen LogP contribution in [0.1, 0.15) is 5.56 Å². The number of hydrogen-bond donors (Lipinski definition) is 0. The molecule has 82 valence electrons. The number of hydrogen-bond acceptors (Lipinski definition) is 2. The van der Waals surface area contributed by atoms with Gasteiger partial charge in [0.15, 0.2) is 0 Å². The van der Waals surface area contributed by atoms with Crippen LogP contribution in [0.5, 0.6) is 5.75 Å². The summed E-state index contributed by atoms with van der Waals surface area (Å²) in [7, 11) is 0. The third-order valence-electron chi connectivity index (χ3n) is 2.01. The number of benzene rings is 1. The van der Waals surface area contributed by atoms with Gasteiger partial charge in [0.25, 0.3) is 0 Å². The Labute approximate surface area is 101 Å². The van der Waals surface area contributed by atoms with Crippen molar-refractivity contribution in [3.05, 3.63) is 58.6 Å². The van der Waals surface area contributed by atoms with Gasteiger partial charge in [-0.25, -0.2) is 4.39 Å². The van der Waals surface area contributed by atoms with Crippen molar-refractivity contribution in [2.45, 2.75) is 6.61 Å². The molecule has 1 aromatic heterocycles. The van der Waals surface area contributed by atoms with E-state index in [1.807, 2.05) is 12.1 Å². The average molecular weight is 282 g/mol. The number of ether oxygens (including phenoxy) is 1. The minimum atomic E-state index is -0.291. The molecule has 0 aliphatic rings. The van der Waals surface area contributed by atoms with Gasteiger partial charge in [-0.15, -0.1) is 0 Å². The van der Waals surface area contributed by atoms with Crippen molar-refractivity contribution in [1.29, 1.82) is 0 Å². The largest absolute Gasteiger partial charge is 0.488 e. The van der Waals surface area contributed by atoms with Crippen molar-refractivity contribution in [1.82, 2.24) is 4.98 Å². The molecule has 0 saturated heterocycles. The highest BCUT2D eigenvalue weighted by molar-refractivity contribution is 9.10. The summed E-state index contributed by atoms with van der Waals surface area (Å²) in [6.45, 7) is 0.415. The minimum absolute atomic E-state index is 0.291. The van der Waals surface area contributed by atoms with E-state index in [0.29, 0.717) is 16.8 Å². The summed E-state index contributed by atoms with van der Waals surface area (Å²) in [5, 5.41) is 0. The third-order valence-corrected chi connectivity index (χ3v) is 2.63. The third kappa shape index (κ3) is 2.79. The molecule has 2 rings (SSSR count). The number of rotatable bonds is 3. The van der Waals surface area contributed by atoms with Crippen molar-refractivity contribution in [2.75, 3.05) is 0 Å². The molecule has 0 saturated carbocycles. The lowest BCUT2D eigenvalue weighted by Crippen LogP contribution is -1.96. The van der Waals surface area contributed by atoms with Gasteiger partial charge in [0.2, 0.25) is 0 Å².